The lowest BCUT2D eigenvalue weighted by atomic mass is 10.1. The summed E-state index contributed by atoms with van der Waals surface area (Å²) >= 11 is 0. The van der Waals surface area contributed by atoms with Crippen LogP contribution in [0.15, 0.2) is 0 Å². The molecule has 13 heavy (non-hydrogen) atoms. The van der Waals surface area contributed by atoms with E-state index in [1.807, 2.05) is 6.92 Å². The van der Waals surface area contributed by atoms with Gasteiger partial charge >= 0.3 is 0 Å². The fourth-order valence-corrected chi connectivity index (χ4v) is 2.61. The Balaban J connectivity index is 2.52. The Morgan fingerprint density at radius 2 is 2.23 bits per heavy atom. The van der Waals surface area contributed by atoms with Gasteiger partial charge in [-0.05, 0) is 19.4 Å². The number of nitrogens with zero attached hydrogens (tertiary/aromatic N) is 1. The van der Waals surface area contributed by atoms with Crippen molar-refractivity contribution in [3.63, 3.8) is 0 Å². The van der Waals surface area contributed by atoms with Crippen LogP contribution in [-0.2, 0) is 10.0 Å². The van der Waals surface area contributed by atoms with Crippen LogP contribution in [-0.4, -0.2) is 44.7 Å². The van der Waals surface area contributed by atoms with Gasteiger partial charge in [-0.1, -0.05) is 6.92 Å². The molecule has 0 bridgehead atoms. The molecule has 4 nitrogen and oxygen atoms in total. The summed E-state index contributed by atoms with van der Waals surface area (Å²) in [5, 5.41) is 3.28. The Hall–Kier alpha value is -0.130. The summed E-state index contributed by atoms with van der Waals surface area (Å²) in [6.07, 6.45) is 3.33. The lowest BCUT2D eigenvalue weighted by Crippen LogP contribution is -2.47. The summed E-state index contributed by atoms with van der Waals surface area (Å²) in [5.41, 5.74) is 0. The molecule has 0 spiro atoms. The third kappa shape index (κ3) is 3.25. The molecule has 1 heterocycles. The highest BCUT2D eigenvalue weighted by Crippen LogP contribution is 2.12. The Morgan fingerprint density at radius 1 is 1.54 bits per heavy atom. The minimum absolute atomic E-state index is 0.341. The number of nitrogens with one attached hydrogen (secondary N) is 1. The summed E-state index contributed by atoms with van der Waals surface area (Å²) < 4.78 is 24.0. The van der Waals surface area contributed by atoms with Crippen LogP contribution in [0.4, 0.5) is 0 Å². The van der Waals surface area contributed by atoms with Crippen LogP contribution in [0.25, 0.3) is 0 Å². The fraction of sp³-hybridized carbons (Fsp3) is 1.00. The zero-order chi connectivity index (χ0) is 9.90. The van der Waals surface area contributed by atoms with Crippen LogP contribution >= 0.6 is 0 Å². The van der Waals surface area contributed by atoms with E-state index in [2.05, 4.69) is 5.32 Å². The Bertz CT molecular complexity index is 249. The van der Waals surface area contributed by atoms with E-state index >= 15 is 0 Å². The first-order chi connectivity index (χ1) is 6.04. The van der Waals surface area contributed by atoms with Gasteiger partial charge in [0.25, 0.3) is 0 Å². The lowest BCUT2D eigenvalue weighted by Gasteiger charge is -2.31. The highest BCUT2D eigenvalue weighted by molar-refractivity contribution is 7.88. The number of hydrogen-bond acceptors (Lipinski definition) is 3. The number of piperidine rings is 1. The van der Waals surface area contributed by atoms with Crippen LogP contribution in [0.5, 0.6) is 0 Å². The van der Waals surface area contributed by atoms with Crippen molar-refractivity contribution in [1.82, 2.24) is 9.62 Å². The predicted molar refractivity (Wildman–Crippen MR) is 53.1 cm³/mol. The van der Waals surface area contributed by atoms with Crippen LogP contribution in [0, 0.1) is 0 Å². The van der Waals surface area contributed by atoms with Crippen molar-refractivity contribution in [3.05, 3.63) is 0 Å². The van der Waals surface area contributed by atoms with Crippen molar-refractivity contribution >= 4 is 10.0 Å². The van der Waals surface area contributed by atoms with Gasteiger partial charge in [-0.2, -0.15) is 0 Å². The number of sulfonamides is 1. The summed E-state index contributed by atoms with van der Waals surface area (Å²) in [7, 11) is -2.98. The van der Waals surface area contributed by atoms with E-state index in [-0.39, 0.29) is 0 Å². The molecule has 0 aliphatic carbocycles. The molecule has 1 fully saturated rings. The minimum Gasteiger partial charge on any atom is -0.313 e. The van der Waals surface area contributed by atoms with E-state index in [0.29, 0.717) is 19.1 Å². The first kappa shape index (κ1) is 10.9. The van der Waals surface area contributed by atoms with Crippen LogP contribution in [0.3, 0.4) is 0 Å². The van der Waals surface area contributed by atoms with Crippen molar-refractivity contribution in [2.45, 2.75) is 25.8 Å². The molecule has 1 rings (SSSR count). The highest BCUT2D eigenvalue weighted by Gasteiger charge is 2.24. The second-order valence-corrected chi connectivity index (χ2v) is 5.50. The average molecular weight is 206 g/mol. The molecule has 1 saturated heterocycles. The standard InChI is InChI=1S/C8H18N2O2S/c1-3-9-8-5-4-6-10(7-8)13(2,11)12/h8-9H,3-7H2,1-2H3. The van der Waals surface area contributed by atoms with E-state index in [1.165, 1.54) is 6.26 Å². The summed E-state index contributed by atoms with van der Waals surface area (Å²) in [6, 6.07) is 0.341. The minimum atomic E-state index is -2.98. The molecule has 0 saturated carbocycles. The monoisotopic (exact) mass is 206 g/mol. The first-order valence-corrected chi connectivity index (χ1v) is 6.57. The number of likely N-dealkylation sites (N-methyl/N-ethyl adjacent to an activating group) is 1. The fourth-order valence-electron chi connectivity index (χ4n) is 1.70. The molecule has 0 aromatic rings. The summed E-state index contributed by atoms with van der Waals surface area (Å²) in [5.74, 6) is 0. The third-order valence-electron chi connectivity index (χ3n) is 2.35. The molecule has 78 valence electrons. The van der Waals surface area contributed by atoms with Gasteiger partial charge in [-0.25, -0.2) is 12.7 Å². The molecule has 0 aromatic carbocycles. The SMILES string of the molecule is CCNC1CCCN(S(C)(=O)=O)C1. The topological polar surface area (TPSA) is 49.4 Å². The molecule has 5 heteroatoms. The quantitative estimate of drug-likeness (QED) is 0.708. The van der Waals surface area contributed by atoms with Crippen molar-refractivity contribution in [1.29, 1.82) is 0 Å². The molecule has 1 unspecified atom stereocenters. The largest absolute Gasteiger partial charge is 0.313 e. The van der Waals surface area contributed by atoms with E-state index in [9.17, 15) is 8.42 Å². The Kier molecular flexibility index (Phi) is 3.70. The Labute approximate surface area is 80.4 Å². The first-order valence-electron chi connectivity index (χ1n) is 4.72. The van der Waals surface area contributed by atoms with Gasteiger partial charge < -0.3 is 5.32 Å². The van der Waals surface area contributed by atoms with Crippen molar-refractivity contribution in [2.24, 2.45) is 0 Å². The molecule has 0 amide bonds. The van der Waals surface area contributed by atoms with Gasteiger partial charge in [0.2, 0.25) is 10.0 Å². The molecule has 1 N–H and O–H groups in total. The van der Waals surface area contributed by atoms with Gasteiger partial charge in [0, 0.05) is 19.1 Å². The van der Waals surface area contributed by atoms with Crippen molar-refractivity contribution in [2.75, 3.05) is 25.9 Å². The van der Waals surface area contributed by atoms with Crippen LogP contribution < -0.4 is 5.32 Å². The zero-order valence-electron chi connectivity index (χ0n) is 8.28. The van der Waals surface area contributed by atoms with Crippen molar-refractivity contribution < 1.29 is 8.42 Å². The molecule has 1 atom stereocenters. The second kappa shape index (κ2) is 4.39. The van der Waals surface area contributed by atoms with Gasteiger partial charge in [0.1, 0.15) is 0 Å². The van der Waals surface area contributed by atoms with E-state index < -0.39 is 10.0 Å². The molecular formula is C8H18N2O2S. The molecule has 0 aromatic heterocycles. The predicted octanol–water partition coefficient (Wildman–Crippen LogP) is 0.0199. The van der Waals surface area contributed by atoms with Gasteiger partial charge in [0.05, 0.1) is 6.26 Å². The zero-order valence-corrected chi connectivity index (χ0v) is 9.10. The molecular weight excluding hydrogens is 188 g/mol. The van der Waals surface area contributed by atoms with Gasteiger partial charge in [-0.15, -0.1) is 0 Å². The maximum absolute atomic E-state index is 11.2. The maximum Gasteiger partial charge on any atom is 0.211 e. The summed E-state index contributed by atoms with van der Waals surface area (Å²) in [4.78, 5) is 0. The van der Waals surface area contributed by atoms with E-state index in [4.69, 9.17) is 0 Å². The average Bonchev–Trinajstić information content (AvgIpc) is 2.04. The van der Waals surface area contributed by atoms with Crippen molar-refractivity contribution in [3.8, 4) is 0 Å². The highest BCUT2D eigenvalue weighted by atomic mass is 32.2. The van der Waals surface area contributed by atoms with Crippen LogP contribution in [0.2, 0.25) is 0 Å². The second-order valence-electron chi connectivity index (χ2n) is 3.52. The Morgan fingerprint density at radius 3 is 2.77 bits per heavy atom. The third-order valence-corrected chi connectivity index (χ3v) is 3.62. The van der Waals surface area contributed by atoms with Crippen LogP contribution in [0.1, 0.15) is 19.8 Å². The smallest absolute Gasteiger partial charge is 0.211 e. The number of hydrogen-bond donors (Lipinski definition) is 1. The van der Waals surface area contributed by atoms with E-state index in [0.717, 1.165) is 19.4 Å². The number of rotatable bonds is 3. The van der Waals surface area contributed by atoms with E-state index in [1.54, 1.807) is 4.31 Å². The maximum atomic E-state index is 11.2. The molecule has 0 radical (unpaired) electrons. The summed E-state index contributed by atoms with van der Waals surface area (Å²) in [6.45, 7) is 4.26. The van der Waals surface area contributed by atoms with Gasteiger partial charge in [-0.3, -0.25) is 0 Å². The lowest BCUT2D eigenvalue weighted by molar-refractivity contribution is 0.288. The molecule has 1 aliphatic heterocycles. The normalized spacial score (nSPS) is 26.2. The van der Waals surface area contributed by atoms with Gasteiger partial charge in [0.15, 0.2) is 0 Å². The molecule has 1 aliphatic rings.